The summed E-state index contributed by atoms with van der Waals surface area (Å²) < 4.78 is 0. The first-order valence-electron chi connectivity index (χ1n) is 3.34. The Kier molecular flexibility index (Phi) is 2.64. The van der Waals surface area contributed by atoms with E-state index in [0.717, 1.165) is 0 Å². The van der Waals surface area contributed by atoms with Gasteiger partial charge in [-0.05, 0) is 11.6 Å². The van der Waals surface area contributed by atoms with E-state index in [0.29, 0.717) is 0 Å². The molecule has 0 unspecified atom stereocenters. The number of H-pyrrole nitrogens is 1. The Bertz CT molecular complexity index is 322. The number of aromatic amines is 1. The molecule has 12 heavy (non-hydrogen) atoms. The van der Waals surface area contributed by atoms with Crippen molar-refractivity contribution in [3.8, 4) is 0 Å². The summed E-state index contributed by atoms with van der Waals surface area (Å²) in [4.78, 5) is 13.2. The summed E-state index contributed by atoms with van der Waals surface area (Å²) in [5.74, 6) is 0. The molecule has 0 aliphatic carbocycles. The van der Waals surface area contributed by atoms with Crippen LogP contribution in [0, 0.1) is 0 Å². The number of hydrogen-bond donors (Lipinski definition) is 4. The van der Waals surface area contributed by atoms with Gasteiger partial charge in [-0.1, -0.05) is 0 Å². The zero-order valence-electron chi connectivity index (χ0n) is 6.19. The van der Waals surface area contributed by atoms with E-state index in [-0.39, 0.29) is 11.0 Å². The monoisotopic (exact) mass is 169 g/mol. The molecule has 1 rings (SSSR count). The lowest BCUT2D eigenvalue weighted by atomic mass is 9.78. The van der Waals surface area contributed by atoms with Crippen LogP contribution in [0.5, 0.6) is 0 Å². The minimum absolute atomic E-state index is 0.208. The van der Waals surface area contributed by atoms with Gasteiger partial charge in [0.15, 0.2) is 0 Å². The van der Waals surface area contributed by atoms with Crippen molar-refractivity contribution in [3.05, 3.63) is 28.2 Å². The molecular weight excluding hydrogens is 161 g/mol. The Balaban J connectivity index is 3.30. The van der Waals surface area contributed by atoms with Gasteiger partial charge in [-0.3, -0.25) is 4.79 Å². The lowest BCUT2D eigenvalue weighted by Crippen LogP contribution is -2.45. The smallest absolute Gasteiger partial charge is 0.423 e. The molecule has 0 radical (unpaired) electrons. The molecule has 0 aliphatic heterocycles. The molecule has 0 aromatic carbocycles. The standard InChI is InChI=1S/C6H8BNO4/c9-3-4-1-2-8-6(10)5(4)7(11)12/h1-2,9,11-12H,3H2,(H,8,10). The van der Waals surface area contributed by atoms with Crippen molar-refractivity contribution < 1.29 is 15.2 Å². The molecule has 0 saturated carbocycles. The van der Waals surface area contributed by atoms with Crippen LogP contribution < -0.4 is 11.0 Å². The van der Waals surface area contributed by atoms with Crippen LogP contribution in [0.2, 0.25) is 0 Å². The Morgan fingerprint density at radius 3 is 2.58 bits per heavy atom. The second kappa shape index (κ2) is 3.53. The number of nitrogens with one attached hydrogen (secondary N) is 1. The molecule has 0 spiro atoms. The third kappa shape index (κ3) is 1.55. The van der Waals surface area contributed by atoms with Gasteiger partial charge in [0.2, 0.25) is 5.56 Å². The normalized spacial score (nSPS) is 9.92. The van der Waals surface area contributed by atoms with Crippen LogP contribution in [0.15, 0.2) is 17.1 Å². The van der Waals surface area contributed by atoms with Crippen molar-refractivity contribution in [2.45, 2.75) is 6.61 Å². The molecule has 0 aliphatic rings. The van der Waals surface area contributed by atoms with E-state index in [4.69, 9.17) is 15.2 Å². The first-order chi connectivity index (χ1) is 5.66. The lowest BCUT2D eigenvalue weighted by Gasteiger charge is -2.02. The molecule has 0 bridgehead atoms. The first kappa shape index (κ1) is 8.99. The summed E-state index contributed by atoms with van der Waals surface area (Å²) in [5, 5.41) is 26.2. The number of aliphatic hydroxyl groups is 1. The molecule has 64 valence electrons. The minimum atomic E-state index is -1.85. The third-order valence-corrected chi connectivity index (χ3v) is 1.52. The fourth-order valence-corrected chi connectivity index (χ4v) is 0.952. The van der Waals surface area contributed by atoms with Crippen LogP contribution in [0.4, 0.5) is 0 Å². The van der Waals surface area contributed by atoms with Crippen molar-refractivity contribution >= 4 is 12.6 Å². The largest absolute Gasteiger partial charge is 0.494 e. The van der Waals surface area contributed by atoms with Crippen LogP contribution in [0.25, 0.3) is 0 Å². The van der Waals surface area contributed by atoms with Crippen molar-refractivity contribution in [3.63, 3.8) is 0 Å². The average Bonchev–Trinajstić information content (AvgIpc) is 2.03. The molecule has 0 fully saturated rings. The van der Waals surface area contributed by atoms with Crippen molar-refractivity contribution in [1.29, 1.82) is 0 Å². The summed E-state index contributed by atoms with van der Waals surface area (Å²) in [6.07, 6.45) is 1.33. The van der Waals surface area contributed by atoms with Gasteiger partial charge in [-0.15, -0.1) is 0 Å². The molecule has 1 heterocycles. The number of aliphatic hydroxyl groups excluding tert-OH is 1. The summed E-state index contributed by atoms with van der Waals surface area (Å²) in [5.41, 5.74) is -0.592. The molecular formula is C6H8BNO4. The van der Waals surface area contributed by atoms with Crippen LogP contribution >= 0.6 is 0 Å². The molecule has 5 nitrogen and oxygen atoms in total. The minimum Gasteiger partial charge on any atom is -0.423 e. The molecule has 0 amide bonds. The van der Waals surface area contributed by atoms with E-state index in [1.807, 2.05) is 0 Å². The Hall–Kier alpha value is -1.11. The Morgan fingerprint density at radius 1 is 1.50 bits per heavy atom. The fraction of sp³-hybridized carbons (Fsp3) is 0.167. The predicted octanol–water partition coefficient (Wildman–Crippen LogP) is -2.45. The number of pyridine rings is 1. The van der Waals surface area contributed by atoms with E-state index in [1.165, 1.54) is 12.3 Å². The van der Waals surface area contributed by atoms with Gasteiger partial charge >= 0.3 is 7.12 Å². The highest BCUT2D eigenvalue weighted by Gasteiger charge is 2.19. The van der Waals surface area contributed by atoms with E-state index in [1.54, 1.807) is 0 Å². The number of aromatic nitrogens is 1. The van der Waals surface area contributed by atoms with Gasteiger partial charge in [0.05, 0.1) is 12.1 Å². The second-order valence-corrected chi connectivity index (χ2v) is 2.28. The molecule has 1 aromatic rings. The molecule has 0 saturated heterocycles. The number of rotatable bonds is 2. The van der Waals surface area contributed by atoms with Crippen LogP contribution in [-0.4, -0.2) is 27.3 Å². The van der Waals surface area contributed by atoms with Gasteiger partial charge in [-0.25, -0.2) is 0 Å². The summed E-state index contributed by atoms with van der Waals surface area (Å²) >= 11 is 0. The van der Waals surface area contributed by atoms with E-state index in [9.17, 15) is 4.79 Å². The SMILES string of the molecule is O=c1[nH]ccc(CO)c1B(O)O. The highest BCUT2D eigenvalue weighted by molar-refractivity contribution is 6.59. The molecule has 1 aromatic heterocycles. The quantitative estimate of drug-likeness (QED) is 0.369. The van der Waals surface area contributed by atoms with Gasteiger partial charge < -0.3 is 20.1 Å². The summed E-state index contributed by atoms with van der Waals surface area (Å²) in [6, 6.07) is 1.41. The van der Waals surface area contributed by atoms with Crippen molar-refractivity contribution in [2.24, 2.45) is 0 Å². The van der Waals surface area contributed by atoms with Crippen molar-refractivity contribution in [1.82, 2.24) is 4.98 Å². The van der Waals surface area contributed by atoms with Gasteiger partial charge in [-0.2, -0.15) is 0 Å². The summed E-state index contributed by atoms with van der Waals surface area (Å²) in [7, 11) is -1.85. The topological polar surface area (TPSA) is 93.6 Å². The maximum absolute atomic E-state index is 11.0. The highest BCUT2D eigenvalue weighted by Crippen LogP contribution is 1.89. The fourth-order valence-electron chi connectivity index (χ4n) is 0.952. The second-order valence-electron chi connectivity index (χ2n) is 2.28. The van der Waals surface area contributed by atoms with Gasteiger partial charge in [0.25, 0.3) is 0 Å². The third-order valence-electron chi connectivity index (χ3n) is 1.52. The number of hydrogen-bond acceptors (Lipinski definition) is 4. The van der Waals surface area contributed by atoms with E-state index >= 15 is 0 Å². The van der Waals surface area contributed by atoms with Crippen molar-refractivity contribution in [2.75, 3.05) is 0 Å². The average molecular weight is 169 g/mol. The zero-order valence-corrected chi connectivity index (χ0v) is 6.19. The van der Waals surface area contributed by atoms with E-state index < -0.39 is 19.3 Å². The molecule has 4 N–H and O–H groups in total. The maximum Gasteiger partial charge on any atom is 0.494 e. The highest BCUT2D eigenvalue weighted by atomic mass is 16.4. The Morgan fingerprint density at radius 2 is 2.17 bits per heavy atom. The van der Waals surface area contributed by atoms with Crippen LogP contribution in [0.3, 0.4) is 0 Å². The summed E-state index contributed by atoms with van der Waals surface area (Å²) in [6.45, 7) is -0.392. The van der Waals surface area contributed by atoms with Crippen LogP contribution in [0.1, 0.15) is 5.56 Å². The predicted molar refractivity (Wildman–Crippen MR) is 42.8 cm³/mol. The molecule has 0 atom stereocenters. The van der Waals surface area contributed by atoms with Crippen LogP contribution in [-0.2, 0) is 6.61 Å². The van der Waals surface area contributed by atoms with E-state index in [2.05, 4.69) is 4.98 Å². The van der Waals surface area contributed by atoms with Gasteiger partial charge in [0, 0.05) is 6.20 Å². The Labute approximate surface area is 68.5 Å². The molecule has 6 heteroatoms. The lowest BCUT2D eigenvalue weighted by molar-refractivity contribution is 0.282. The van der Waals surface area contributed by atoms with Gasteiger partial charge in [0.1, 0.15) is 0 Å². The zero-order chi connectivity index (χ0) is 9.14. The first-order valence-corrected chi connectivity index (χ1v) is 3.34. The maximum atomic E-state index is 11.0.